The monoisotopic (exact) mass is 228 g/mol. The molecule has 0 saturated heterocycles. The lowest BCUT2D eigenvalue weighted by atomic mass is 10.3. The molecule has 2 aromatic rings. The van der Waals surface area contributed by atoms with Gasteiger partial charge in [0.2, 0.25) is 5.91 Å². The second-order valence-electron chi connectivity index (χ2n) is 3.48. The molecule has 2 aromatic heterocycles. The van der Waals surface area contributed by atoms with Crippen LogP contribution >= 0.6 is 0 Å². The normalized spacial score (nSPS) is 10.6. The highest BCUT2D eigenvalue weighted by Crippen LogP contribution is 2.02. The fourth-order valence-electron chi connectivity index (χ4n) is 1.30. The van der Waals surface area contributed by atoms with E-state index in [4.69, 9.17) is 0 Å². The second-order valence-corrected chi connectivity index (χ2v) is 3.48. The Balaban J connectivity index is 1.96. The Morgan fingerprint density at radius 2 is 2.35 bits per heavy atom. The van der Waals surface area contributed by atoms with Gasteiger partial charge in [-0.05, 0) is 18.2 Å². The average molecular weight is 228 g/mol. The van der Waals surface area contributed by atoms with E-state index in [1.807, 2.05) is 19.3 Å². The Bertz CT molecular complexity index is 530. The molecule has 0 aliphatic rings. The number of aryl methyl sites for hydroxylation is 1. The molecule has 0 bridgehead atoms. The molecule has 1 amide bonds. The van der Waals surface area contributed by atoms with E-state index in [9.17, 15) is 4.79 Å². The standard InChI is InChI=1S/C12H12N4O/c1-16-9-10(8-14-16)5-6-12(17)15-11-4-2-3-7-13-11/h2-9H,1H3,(H,13,15,17). The van der Waals surface area contributed by atoms with E-state index in [-0.39, 0.29) is 5.91 Å². The van der Waals surface area contributed by atoms with Crippen molar-refractivity contribution in [2.75, 3.05) is 5.32 Å². The zero-order valence-corrected chi connectivity index (χ0v) is 9.37. The van der Waals surface area contributed by atoms with Crippen molar-refractivity contribution in [3.05, 3.63) is 48.4 Å². The first-order chi connectivity index (χ1) is 8.24. The lowest BCUT2D eigenvalue weighted by Gasteiger charge is -1.98. The fourth-order valence-corrected chi connectivity index (χ4v) is 1.30. The molecule has 2 rings (SSSR count). The zero-order valence-electron chi connectivity index (χ0n) is 9.37. The number of carbonyl (C=O) groups excluding carboxylic acids is 1. The maximum absolute atomic E-state index is 11.5. The van der Waals surface area contributed by atoms with Crippen molar-refractivity contribution < 1.29 is 4.79 Å². The van der Waals surface area contributed by atoms with E-state index in [2.05, 4.69) is 15.4 Å². The molecule has 0 unspecified atom stereocenters. The number of carbonyl (C=O) groups is 1. The van der Waals surface area contributed by atoms with E-state index < -0.39 is 0 Å². The van der Waals surface area contributed by atoms with Crippen LogP contribution in [-0.4, -0.2) is 20.7 Å². The van der Waals surface area contributed by atoms with Crippen molar-refractivity contribution in [3.8, 4) is 0 Å². The molecule has 1 N–H and O–H groups in total. The van der Waals surface area contributed by atoms with Crippen LogP contribution in [0.25, 0.3) is 6.08 Å². The summed E-state index contributed by atoms with van der Waals surface area (Å²) in [5, 5.41) is 6.65. The minimum absolute atomic E-state index is 0.215. The molecule has 0 aromatic carbocycles. The average Bonchev–Trinajstić information content (AvgIpc) is 2.74. The Hall–Kier alpha value is -2.43. The molecule has 0 aliphatic carbocycles. The smallest absolute Gasteiger partial charge is 0.249 e. The van der Waals surface area contributed by atoms with Crippen LogP contribution in [0.15, 0.2) is 42.9 Å². The number of hydrogen-bond donors (Lipinski definition) is 1. The third-order valence-electron chi connectivity index (χ3n) is 2.07. The van der Waals surface area contributed by atoms with Gasteiger partial charge in [-0.1, -0.05) is 6.07 Å². The number of pyridine rings is 1. The van der Waals surface area contributed by atoms with Crippen molar-refractivity contribution >= 4 is 17.8 Å². The summed E-state index contributed by atoms with van der Waals surface area (Å²) in [5.41, 5.74) is 0.878. The van der Waals surface area contributed by atoms with E-state index in [1.54, 1.807) is 35.3 Å². The quantitative estimate of drug-likeness (QED) is 0.809. The number of aromatic nitrogens is 3. The number of hydrogen-bond acceptors (Lipinski definition) is 3. The number of rotatable bonds is 3. The van der Waals surface area contributed by atoms with Gasteiger partial charge in [0.05, 0.1) is 6.20 Å². The van der Waals surface area contributed by atoms with E-state index in [0.717, 1.165) is 5.56 Å². The first-order valence-electron chi connectivity index (χ1n) is 5.13. The predicted octanol–water partition coefficient (Wildman–Crippen LogP) is 1.47. The molecule has 0 saturated carbocycles. The minimum Gasteiger partial charge on any atom is -0.307 e. The van der Waals surface area contributed by atoms with Crippen molar-refractivity contribution in [3.63, 3.8) is 0 Å². The Kier molecular flexibility index (Phi) is 3.30. The molecule has 0 fully saturated rings. The largest absolute Gasteiger partial charge is 0.307 e. The van der Waals surface area contributed by atoms with Crippen LogP contribution in [0, 0.1) is 0 Å². The van der Waals surface area contributed by atoms with Crippen LogP contribution in [0.2, 0.25) is 0 Å². The summed E-state index contributed by atoms with van der Waals surface area (Å²) < 4.78 is 1.68. The molecule has 5 heteroatoms. The topological polar surface area (TPSA) is 59.8 Å². The molecular formula is C12H12N4O. The molecule has 0 spiro atoms. The number of anilines is 1. The first kappa shape index (κ1) is 11.1. The van der Waals surface area contributed by atoms with E-state index in [0.29, 0.717) is 5.82 Å². The molecule has 86 valence electrons. The van der Waals surface area contributed by atoms with Gasteiger partial charge in [-0.2, -0.15) is 5.10 Å². The van der Waals surface area contributed by atoms with Crippen molar-refractivity contribution in [1.29, 1.82) is 0 Å². The highest BCUT2D eigenvalue weighted by atomic mass is 16.1. The maximum Gasteiger partial charge on any atom is 0.249 e. The maximum atomic E-state index is 11.5. The van der Waals surface area contributed by atoms with E-state index in [1.165, 1.54) is 6.08 Å². The summed E-state index contributed by atoms with van der Waals surface area (Å²) in [6, 6.07) is 5.34. The Morgan fingerprint density at radius 1 is 1.47 bits per heavy atom. The summed E-state index contributed by atoms with van der Waals surface area (Å²) in [6.45, 7) is 0. The van der Waals surface area contributed by atoms with Crippen LogP contribution in [0.5, 0.6) is 0 Å². The van der Waals surface area contributed by atoms with Crippen LogP contribution in [0.4, 0.5) is 5.82 Å². The van der Waals surface area contributed by atoms with Gasteiger partial charge in [-0.15, -0.1) is 0 Å². The zero-order chi connectivity index (χ0) is 12.1. The lowest BCUT2D eigenvalue weighted by Crippen LogP contribution is -2.08. The molecule has 2 heterocycles. The third kappa shape index (κ3) is 3.27. The summed E-state index contributed by atoms with van der Waals surface area (Å²) >= 11 is 0. The molecule has 0 atom stereocenters. The van der Waals surface area contributed by atoms with Crippen LogP contribution in [0.1, 0.15) is 5.56 Å². The van der Waals surface area contributed by atoms with Gasteiger partial charge in [0.15, 0.2) is 0 Å². The SMILES string of the molecule is Cn1cc(C=CC(=O)Nc2ccccn2)cn1. The number of amides is 1. The Morgan fingerprint density at radius 3 is 3.00 bits per heavy atom. The lowest BCUT2D eigenvalue weighted by molar-refractivity contribution is -0.111. The fraction of sp³-hybridized carbons (Fsp3) is 0.0833. The summed E-state index contributed by atoms with van der Waals surface area (Å²) in [5.74, 6) is 0.320. The highest BCUT2D eigenvalue weighted by molar-refractivity contribution is 6.01. The predicted molar refractivity (Wildman–Crippen MR) is 65.1 cm³/mol. The van der Waals surface area contributed by atoms with Gasteiger partial charge in [-0.3, -0.25) is 9.48 Å². The highest BCUT2D eigenvalue weighted by Gasteiger charge is 1.97. The Labute approximate surface area is 98.8 Å². The molecular weight excluding hydrogens is 216 g/mol. The van der Waals surface area contributed by atoms with Crippen LogP contribution in [0.3, 0.4) is 0 Å². The van der Waals surface area contributed by atoms with Crippen molar-refractivity contribution in [2.24, 2.45) is 7.05 Å². The van der Waals surface area contributed by atoms with Gasteiger partial charge < -0.3 is 5.32 Å². The summed E-state index contributed by atoms with van der Waals surface area (Å²) in [6.07, 6.45) is 8.28. The minimum atomic E-state index is -0.215. The number of nitrogens with zero attached hydrogens (tertiary/aromatic N) is 3. The van der Waals surface area contributed by atoms with Gasteiger partial charge >= 0.3 is 0 Å². The molecule has 0 radical (unpaired) electrons. The summed E-state index contributed by atoms with van der Waals surface area (Å²) in [4.78, 5) is 15.5. The third-order valence-corrected chi connectivity index (χ3v) is 2.07. The van der Waals surface area contributed by atoms with E-state index >= 15 is 0 Å². The first-order valence-corrected chi connectivity index (χ1v) is 5.13. The van der Waals surface area contributed by atoms with Gasteiger partial charge in [0.1, 0.15) is 5.82 Å². The molecule has 5 nitrogen and oxygen atoms in total. The van der Waals surface area contributed by atoms with Crippen molar-refractivity contribution in [2.45, 2.75) is 0 Å². The van der Waals surface area contributed by atoms with Gasteiger partial charge in [0, 0.05) is 31.1 Å². The molecule has 17 heavy (non-hydrogen) atoms. The van der Waals surface area contributed by atoms with Crippen molar-refractivity contribution in [1.82, 2.24) is 14.8 Å². The summed E-state index contributed by atoms with van der Waals surface area (Å²) in [7, 11) is 1.82. The number of nitrogens with one attached hydrogen (secondary N) is 1. The molecule has 0 aliphatic heterocycles. The van der Waals surface area contributed by atoms with Crippen LogP contribution in [-0.2, 0) is 11.8 Å². The van der Waals surface area contributed by atoms with Gasteiger partial charge in [0.25, 0.3) is 0 Å². The second kappa shape index (κ2) is 5.07. The van der Waals surface area contributed by atoms with Crippen LogP contribution < -0.4 is 5.32 Å². The van der Waals surface area contributed by atoms with Gasteiger partial charge in [-0.25, -0.2) is 4.98 Å².